The monoisotopic (exact) mass is 717 g/mol. The van der Waals surface area contributed by atoms with Crippen LogP contribution in [0.25, 0.3) is 11.1 Å². The van der Waals surface area contributed by atoms with Gasteiger partial charge in [0.2, 0.25) is 0 Å². The van der Waals surface area contributed by atoms with Crippen molar-refractivity contribution in [2.75, 3.05) is 26.2 Å². The predicted octanol–water partition coefficient (Wildman–Crippen LogP) is 8.17. The van der Waals surface area contributed by atoms with Crippen LogP contribution in [0.4, 0.5) is 22.0 Å². The normalized spacial score (nSPS) is 15.2. The summed E-state index contributed by atoms with van der Waals surface area (Å²) in [5.41, 5.74) is 1.96. The van der Waals surface area contributed by atoms with Gasteiger partial charge in [0.1, 0.15) is 18.0 Å². The number of aromatic nitrogens is 2. The number of hydrogen-bond donors (Lipinski definition) is 0. The summed E-state index contributed by atoms with van der Waals surface area (Å²) in [6.07, 6.45) is -6.10. The summed E-state index contributed by atoms with van der Waals surface area (Å²) in [6, 6.07) is 6.21. The summed E-state index contributed by atoms with van der Waals surface area (Å²) in [5.74, 6) is -3.84. The van der Waals surface area contributed by atoms with Crippen LogP contribution < -0.4 is 5.56 Å². The zero-order chi connectivity index (χ0) is 37.8. The SMILES string of the molecule is CCOC(=O)C[C@H](CCC(=O)[C@H](CC(C)C)n1nc(CCN2CC(F)C2)c(C)cc1=O)c1cc(-c2c(C)cc(C)cc2C)cc(C(F)(F)F)c1F. The van der Waals surface area contributed by atoms with E-state index in [1.807, 2.05) is 37.8 Å². The largest absolute Gasteiger partial charge is 0.466 e. The number of Topliss-reactive ketones (excluding diaryl/α,β-unsaturated/α-hetero) is 1. The number of ketones is 1. The van der Waals surface area contributed by atoms with E-state index < -0.39 is 59.4 Å². The molecule has 278 valence electrons. The van der Waals surface area contributed by atoms with Crippen molar-refractivity contribution in [1.29, 1.82) is 0 Å². The van der Waals surface area contributed by atoms with Crippen LogP contribution in [0.15, 0.2) is 35.1 Å². The van der Waals surface area contributed by atoms with E-state index in [1.54, 1.807) is 27.7 Å². The summed E-state index contributed by atoms with van der Waals surface area (Å²) in [7, 11) is 0. The maximum absolute atomic E-state index is 16.0. The molecule has 0 spiro atoms. The van der Waals surface area contributed by atoms with Gasteiger partial charge in [-0.3, -0.25) is 19.3 Å². The van der Waals surface area contributed by atoms with Gasteiger partial charge in [-0.2, -0.15) is 18.3 Å². The molecule has 0 radical (unpaired) electrons. The zero-order valence-electron chi connectivity index (χ0n) is 30.4. The van der Waals surface area contributed by atoms with Gasteiger partial charge in [-0.05, 0) is 105 Å². The second kappa shape index (κ2) is 16.6. The second-order valence-electron chi connectivity index (χ2n) is 14.2. The van der Waals surface area contributed by atoms with E-state index in [1.165, 1.54) is 12.1 Å². The third kappa shape index (κ3) is 9.90. The Morgan fingerprint density at radius 3 is 2.22 bits per heavy atom. The van der Waals surface area contributed by atoms with E-state index in [0.29, 0.717) is 54.0 Å². The van der Waals surface area contributed by atoms with Gasteiger partial charge in [0.05, 0.1) is 24.3 Å². The molecular formula is C39H48F5N3O4. The highest BCUT2D eigenvalue weighted by atomic mass is 19.4. The van der Waals surface area contributed by atoms with Crippen LogP contribution in [-0.2, 0) is 26.9 Å². The van der Waals surface area contributed by atoms with Crippen LogP contribution >= 0.6 is 0 Å². The van der Waals surface area contributed by atoms with Crippen LogP contribution in [0, 0.1) is 39.4 Å². The molecule has 0 aliphatic carbocycles. The number of carbonyl (C=O) groups excluding carboxylic acids is 2. The number of hydrogen-bond acceptors (Lipinski definition) is 6. The number of nitrogens with zero attached hydrogens (tertiary/aromatic N) is 3. The number of rotatable bonds is 15. The molecule has 1 aliphatic heterocycles. The van der Waals surface area contributed by atoms with Gasteiger partial charge in [-0.15, -0.1) is 0 Å². The first-order valence-corrected chi connectivity index (χ1v) is 17.5. The number of alkyl halides is 4. The molecule has 7 nitrogen and oxygen atoms in total. The lowest BCUT2D eigenvalue weighted by atomic mass is 9.84. The van der Waals surface area contributed by atoms with Crippen LogP contribution in [0.2, 0.25) is 0 Å². The summed E-state index contributed by atoms with van der Waals surface area (Å²) in [6.45, 7) is 13.7. The van der Waals surface area contributed by atoms with Gasteiger partial charge in [0, 0.05) is 38.5 Å². The minimum Gasteiger partial charge on any atom is -0.466 e. The Morgan fingerprint density at radius 1 is 1.00 bits per heavy atom. The second-order valence-corrected chi connectivity index (χ2v) is 14.2. The molecule has 2 aromatic carbocycles. The number of halogens is 5. The topological polar surface area (TPSA) is 81.5 Å². The van der Waals surface area contributed by atoms with Crippen molar-refractivity contribution in [2.45, 2.75) is 105 Å². The molecule has 2 heterocycles. The summed E-state index contributed by atoms with van der Waals surface area (Å²) in [4.78, 5) is 42.0. The first-order chi connectivity index (χ1) is 23.9. The first kappa shape index (κ1) is 39.8. The van der Waals surface area contributed by atoms with Gasteiger partial charge in [0.25, 0.3) is 5.56 Å². The van der Waals surface area contributed by atoms with E-state index in [2.05, 4.69) is 5.10 Å². The molecule has 1 aromatic heterocycles. The van der Waals surface area contributed by atoms with Gasteiger partial charge >= 0.3 is 12.1 Å². The predicted molar refractivity (Wildman–Crippen MR) is 186 cm³/mol. The minimum absolute atomic E-state index is 0.00941. The van der Waals surface area contributed by atoms with E-state index in [0.717, 1.165) is 16.3 Å². The Balaban J connectivity index is 1.73. The number of esters is 1. The molecule has 0 saturated carbocycles. The fourth-order valence-corrected chi connectivity index (χ4v) is 7.03. The van der Waals surface area contributed by atoms with Crippen LogP contribution in [0.1, 0.15) is 97.5 Å². The average molecular weight is 718 g/mol. The molecule has 0 amide bonds. The Kier molecular flexibility index (Phi) is 13.0. The van der Waals surface area contributed by atoms with Gasteiger partial charge in [-0.1, -0.05) is 31.5 Å². The molecule has 0 unspecified atom stereocenters. The number of benzene rings is 2. The highest BCUT2D eigenvalue weighted by Gasteiger charge is 2.38. The van der Waals surface area contributed by atoms with Crippen LogP contribution in [-0.4, -0.2) is 58.8 Å². The number of ether oxygens (including phenoxy) is 1. The molecule has 1 fully saturated rings. The summed E-state index contributed by atoms with van der Waals surface area (Å²) in [5, 5.41) is 4.58. The summed E-state index contributed by atoms with van der Waals surface area (Å²) >= 11 is 0. The van der Waals surface area contributed by atoms with Crippen molar-refractivity contribution in [2.24, 2.45) is 5.92 Å². The fraction of sp³-hybridized carbons (Fsp3) is 0.538. The molecule has 1 saturated heterocycles. The maximum atomic E-state index is 16.0. The maximum Gasteiger partial charge on any atom is 0.419 e. The molecule has 4 rings (SSSR count). The first-order valence-electron chi connectivity index (χ1n) is 17.5. The van der Waals surface area contributed by atoms with Crippen LogP contribution in [0.3, 0.4) is 0 Å². The Hall–Kier alpha value is -3.93. The van der Waals surface area contributed by atoms with Gasteiger partial charge < -0.3 is 4.74 Å². The van der Waals surface area contributed by atoms with Crippen molar-refractivity contribution in [3.05, 3.63) is 85.6 Å². The minimum atomic E-state index is -5.03. The smallest absolute Gasteiger partial charge is 0.419 e. The van der Waals surface area contributed by atoms with Crippen molar-refractivity contribution < 1.29 is 36.3 Å². The zero-order valence-corrected chi connectivity index (χ0v) is 30.4. The van der Waals surface area contributed by atoms with Crippen molar-refractivity contribution in [3.63, 3.8) is 0 Å². The molecule has 12 heteroatoms. The highest BCUT2D eigenvalue weighted by Crippen LogP contribution is 2.41. The van der Waals surface area contributed by atoms with Gasteiger partial charge in [-0.25, -0.2) is 13.5 Å². The Labute approximate surface area is 296 Å². The lowest BCUT2D eigenvalue weighted by molar-refractivity contribution is -0.143. The molecular weight excluding hydrogens is 669 g/mol. The molecule has 2 atom stereocenters. The van der Waals surface area contributed by atoms with Crippen molar-refractivity contribution in [3.8, 4) is 11.1 Å². The lowest BCUT2D eigenvalue weighted by Gasteiger charge is -2.34. The quantitative estimate of drug-likeness (QED) is 0.117. The lowest BCUT2D eigenvalue weighted by Crippen LogP contribution is -2.49. The average Bonchev–Trinajstić information content (AvgIpc) is 3.00. The third-order valence-electron chi connectivity index (χ3n) is 9.46. The van der Waals surface area contributed by atoms with Crippen molar-refractivity contribution >= 4 is 11.8 Å². The number of aryl methyl sites for hydroxylation is 4. The molecule has 0 N–H and O–H groups in total. The molecule has 3 aromatic rings. The van der Waals surface area contributed by atoms with E-state index >= 15 is 4.39 Å². The Bertz CT molecular complexity index is 1770. The standard InChI is InChI=1S/C39H48F5N3O4/c1-8-51-36(50)19-27(30-17-28(18-31(38(30)41)39(42,43)44)37-25(6)14-23(4)15-26(37)7)9-10-34(48)33(13-22(2)3)47-35(49)16-24(5)32(45-47)11-12-46-20-29(40)21-46/h14-18,22,27,29,33H,8-13,19-21H2,1-7H3/t27-,33-/m0/s1. The van der Waals surface area contributed by atoms with Crippen LogP contribution in [0.5, 0.6) is 0 Å². The molecule has 51 heavy (non-hydrogen) atoms. The Morgan fingerprint density at radius 2 is 1.65 bits per heavy atom. The van der Waals surface area contributed by atoms with E-state index in [9.17, 15) is 31.9 Å². The van der Waals surface area contributed by atoms with Gasteiger partial charge in [0.15, 0.2) is 5.78 Å². The molecule has 1 aliphatic rings. The fourth-order valence-electron chi connectivity index (χ4n) is 7.03. The number of carbonyl (C=O) groups is 2. The number of likely N-dealkylation sites (tertiary alicyclic amines) is 1. The van der Waals surface area contributed by atoms with E-state index in [4.69, 9.17) is 4.74 Å². The molecule has 0 bridgehead atoms. The third-order valence-corrected chi connectivity index (χ3v) is 9.46. The van der Waals surface area contributed by atoms with E-state index in [-0.39, 0.29) is 42.9 Å². The summed E-state index contributed by atoms with van der Waals surface area (Å²) < 4.78 is 78.7. The highest BCUT2D eigenvalue weighted by molar-refractivity contribution is 5.83. The van der Waals surface area contributed by atoms with Crippen molar-refractivity contribution in [1.82, 2.24) is 14.7 Å².